The maximum Gasteiger partial charge on any atom is 0.259 e. The molecule has 14 heavy (non-hydrogen) atoms. The fraction of sp³-hybridized carbons (Fsp3) is 0.667. The van der Waals surface area contributed by atoms with Gasteiger partial charge in [0.2, 0.25) is 0 Å². The minimum atomic E-state index is -2.93. The number of hydrogen-bond donors (Lipinski definition) is 0. The zero-order valence-electron chi connectivity index (χ0n) is 7.14. The highest BCUT2D eigenvalue weighted by Crippen LogP contribution is 2.25. The lowest BCUT2D eigenvalue weighted by Crippen LogP contribution is -2.32. The monoisotopic (exact) mass is 240 g/mol. The summed E-state index contributed by atoms with van der Waals surface area (Å²) in [5.74, 6) is -2.13. The van der Waals surface area contributed by atoms with Crippen LogP contribution in [-0.4, -0.2) is 31.0 Å². The highest BCUT2D eigenvalue weighted by atomic mass is 35.5. The van der Waals surface area contributed by atoms with Gasteiger partial charge in [-0.2, -0.15) is 4.28 Å². The summed E-state index contributed by atoms with van der Waals surface area (Å²) in [6.07, 6.45) is -0.124. The number of hydrogen-bond acceptors (Lipinski definition) is 5. The largest absolute Gasteiger partial charge is 0.748 e. The molecule has 2 amide bonds. The summed E-state index contributed by atoms with van der Waals surface area (Å²) in [6, 6.07) is 0. The Morgan fingerprint density at radius 1 is 1.71 bits per heavy atom. The van der Waals surface area contributed by atoms with Gasteiger partial charge in [-0.05, 0) is 6.92 Å². The van der Waals surface area contributed by atoms with E-state index < -0.39 is 34.5 Å². The second kappa shape index (κ2) is 4.35. The Balaban J connectivity index is 2.75. The topological polar surface area (TPSA) is 86.7 Å². The van der Waals surface area contributed by atoms with Crippen LogP contribution in [0.15, 0.2) is 0 Å². The molecule has 0 aromatic carbocycles. The number of carbonyl (C=O) groups is 2. The Hall–Kier alpha value is -0.500. The quantitative estimate of drug-likeness (QED) is 0.385. The minimum Gasteiger partial charge on any atom is -0.748 e. The molecule has 0 aromatic rings. The summed E-state index contributed by atoms with van der Waals surface area (Å²) >= 11 is 2.70. The van der Waals surface area contributed by atoms with Crippen molar-refractivity contribution in [3.05, 3.63) is 0 Å². The first-order valence-corrected chi connectivity index (χ1v) is 5.15. The molecule has 0 saturated carbocycles. The second-order valence-corrected chi connectivity index (χ2v) is 4.04. The Morgan fingerprint density at radius 2 is 2.29 bits per heavy atom. The maximum atomic E-state index is 11.3. The lowest BCUT2D eigenvalue weighted by atomic mass is 10.1. The molecule has 3 atom stereocenters. The van der Waals surface area contributed by atoms with E-state index in [0.29, 0.717) is 0 Å². The standard InChI is InChI=1S/C6H8ClNO5S/c1-3(7)4-2-5(9)8(6(4)10)13-14(11)12/h3-4H,2H2,1H3,(H,11,12)/p-1. The van der Waals surface area contributed by atoms with Crippen LogP contribution in [0.4, 0.5) is 0 Å². The van der Waals surface area contributed by atoms with Gasteiger partial charge in [0.25, 0.3) is 11.8 Å². The van der Waals surface area contributed by atoms with Crippen LogP contribution in [0.2, 0.25) is 0 Å². The summed E-state index contributed by atoms with van der Waals surface area (Å²) in [7, 11) is 0. The molecule has 0 spiro atoms. The third-order valence-corrected chi connectivity index (χ3v) is 2.40. The van der Waals surface area contributed by atoms with Gasteiger partial charge in [-0.25, -0.2) is 4.21 Å². The Labute approximate surface area is 87.6 Å². The van der Waals surface area contributed by atoms with Crippen molar-refractivity contribution in [1.82, 2.24) is 5.06 Å². The number of halogens is 1. The normalized spacial score (nSPS) is 26.8. The van der Waals surface area contributed by atoms with E-state index in [-0.39, 0.29) is 11.5 Å². The van der Waals surface area contributed by atoms with Crippen molar-refractivity contribution in [3.63, 3.8) is 0 Å². The number of rotatable bonds is 3. The number of carbonyl (C=O) groups excluding carboxylic acids is 2. The average Bonchev–Trinajstić information content (AvgIpc) is 2.31. The summed E-state index contributed by atoms with van der Waals surface area (Å²) in [5, 5.41) is -0.313. The van der Waals surface area contributed by atoms with Crippen LogP contribution in [-0.2, 0) is 25.2 Å². The lowest BCUT2D eigenvalue weighted by molar-refractivity contribution is -0.165. The van der Waals surface area contributed by atoms with Crippen molar-refractivity contribution >= 4 is 34.8 Å². The van der Waals surface area contributed by atoms with E-state index in [1.165, 1.54) is 0 Å². The fourth-order valence-corrected chi connectivity index (χ4v) is 1.61. The van der Waals surface area contributed by atoms with Gasteiger partial charge in [0.1, 0.15) is 11.4 Å². The third-order valence-electron chi connectivity index (χ3n) is 1.83. The van der Waals surface area contributed by atoms with Gasteiger partial charge in [-0.3, -0.25) is 9.59 Å². The SMILES string of the molecule is CC(Cl)C1CC(=O)N(OS(=O)[O-])C1=O. The third kappa shape index (κ3) is 2.30. The van der Waals surface area contributed by atoms with Crippen molar-refractivity contribution in [2.24, 2.45) is 5.92 Å². The van der Waals surface area contributed by atoms with E-state index in [2.05, 4.69) is 4.28 Å². The van der Waals surface area contributed by atoms with Crippen molar-refractivity contribution in [3.8, 4) is 0 Å². The van der Waals surface area contributed by atoms with Crippen LogP contribution >= 0.6 is 11.6 Å². The zero-order chi connectivity index (χ0) is 10.9. The number of alkyl halides is 1. The number of imide groups is 1. The van der Waals surface area contributed by atoms with Gasteiger partial charge >= 0.3 is 0 Å². The molecule has 6 nitrogen and oxygen atoms in total. The molecule has 3 unspecified atom stereocenters. The van der Waals surface area contributed by atoms with Crippen molar-refractivity contribution in [2.75, 3.05) is 0 Å². The van der Waals surface area contributed by atoms with Gasteiger partial charge in [-0.15, -0.1) is 16.7 Å². The minimum absolute atomic E-state index is 0.124. The van der Waals surface area contributed by atoms with E-state index in [0.717, 1.165) is 0 Å². The van der Waals surface area contributed by atoms with Crippen molar-refractivity contribution < 1.29 is 22.6 Å². The molecule has 1 heterocycles. The van der Waals surface area contributed by atoms with Crippen LogP contribution in [0.5, 0.6) is 0 Å². The van der Waals surface area contributed by atoms with E-state index in [1.807, 2.05) is 0 Å². The van der Waals surface area contributed by atoms with E-state index in [1.54, 1.807) is 6.92 Å². The molecule has 0 aromatic heterocycles. The molecule has 1 fully saturated rings. The summed E-state index contributed by atoms with van der Waals surface area (Å²) in [6.45, 7) is 1.55. The maximum absolute atomic E-state index is 11.3. The van der Waals surface area contributed by atoms with E-state index >= 15 is 0 Å². The molecule has 0 bridgehead atoms. The first-order valence-electron chi connectivity index (χ1n) is 3.72. The first-order chi connectivity index (χ1) is 6.43. The van der Waals surface area contributed by atoms with Gasteiger partial charge in [0.15, 0.2) is 0 Å². The van der Waals surface area contributed by atoms with Crippen LogP contribution in [0.25, 0.3) is 0 Å². The van der Waals surface area contributed by atoms with Crippen LogP contribution in [0, 0.1) is 5.92 Å². The molecule has 80 valence electrons. The molecule has 0 N–H and O–H groups in total. The molecular formula is C6H7ClNO5S-. The Morgan fingerprint density at radius 3 is 2.64 bits per heavy atom. The predicted octanol–water partition coefficient (Wildman–Crippen LogP) is -0.285. The van der Waals surface area contributed by atoms with Crippen LogP contribution < -0.4 is 0 Å². The average molecular weight is 241 g/mol. The van der Waals surface area contributed by atoms with E-state index in [4.69, 9.17) is 11.6 Å². The Bertz CT molecular complexity index is 294. The lowest BCUT2D eigenvalue weighted by Gasteiger charge is -2.15. The summed E-state index contributed by atoms with van der Waals surface area (Å²) in [5.41, 5.74) is 0. The second-order valence-electron chi connectivity index (χ2n) is 2.79. The fourth-order valence-electron chi connectivity index (χ4n) is 1.13. The van der Waals surface area contributed by atoms with Gasteiger partial charge < -0.3 is 4.55 Å². The molecule has 1 aliphatic heterocycles. The predicted molar refractivity (Wildman–Crippen MR) is 45.3 cm³/mol. The van der Waals surface area contributed by atoms with Gasteiger partial charge in [0, 0.05) is 11.8 Å². The van der Waals surface area contributed by atoms with Gasteiger partial charge in [-0.1, -0.05) is 0 Å². The smallest absolute Gasteiger partial charge is 0.259 e. The highest BCUT2D eigenvalue weighted by molar-refractivity contribution is 7.74. The van der Waals surface area contributed by atoms with Crippen molar-refractivity contribution in [1.29, 1.82) is 0 Å². The first kappa shape index (κ1) is 11.6. The van der Waals surface area contributed by atoms with Crippen LogP contribution in [0.1, 0.15) is 13.3 Å². The molecule has 8 heteroatoms. The molecule has 1 rings (SSSR count). The van der Waals surface area contributed by atoms with Crippen LogP contribution in [0.3, 0.4) is 0 Å². The molecule has 1 saturated heterocycles. The van der Waals surface area contributed by atoms with Gasteiger partial charge in [0.05, 0.1) is 5.92 Å². The van der Waals surface area contributed by atoms with E-state index in [9.17, 15) is 18.4 Å². The summed E-state index contributed by atoms with van der Waals surface area (Å²) < 4.78 is 24.3. The summed E-state index contributed by atoms with van der Waals surface area (Å²) in [4.78, 5) is 22.4. The number of hydroxylamine groups is 2. The molecule has 0 aliphatic carbocycles. The molecule has 1 aliphatic rings. The zero-order valence-corrected chi connectivity index (χ0v) is 8.71. The highest BCUT2D eigenvalue weighted by Gasteiger charge is 2.42. The number of amides is 2. The Kier molecular flexibility index (Phi) is 3.59. The molecular weight excluding hydrogens is 234 g/mol. The van der Waals surface area contributed by atoms with Crippen molar-refractivity contribution in [2.45, 2.75) is 18.7 Å². The molecule has 0 radical (unpaired) electrons. The number of nitrogens with zero attached hydrogens (tertiary/aromatic N) is 1.